The predicted octanol–water partition coefficient (Wildman–Crippen LogP) is 4.25. The summed E-state index contributed by atoms with van der Waals surface area (Å²) in [5, 5.41) is 4.13. The molecule has 1 heterocycles. The Hall–Kier alpha value is -3.02. The number of nitrogens with one attached hydrogen (secondary N) is 1. The molecule has 2 aromatic rings. The first-order chi connectivity index (χ1) is 14.2. The lowest BCUT2D eigenvalue weighted by Gasteiger charge is -2.45. The SMILES string of the molecule is COc1ccccc1OCC(=O)N/N=C/c1cc2c(cc1C)N(C)C(C)(C)C[C@H]2C. The van der Waals surface area contributed by atoms with Gasteiger partial charge in [-0.05, 0) is 74.1 Å². The van der Waals surface area contributed by atoms with Crippen LogP contribution < -0.4 is 19.8 Å². The Morgan fingerprint density at radius 3 is 2.70 bits per heavy atom. The Labute approximate surface area is 178 Å². The summed E-state index contributed by atoms with van der Waals surface area (Å²) < 4.78 is 10.7. The van der Waals surface area contributed by atoms with Crippen molar-refractivity contribution < 1.29 is 14.3 Å². The summed E-state index contributed by atoms with van der Waals surface area (Å²) in [6.45, 7) is 8.74. The molecule has 1 N–H and O–H groups in total. The molecule has 1 aliphatic heterocycles. The molecule has 2 aromatic carbocycles. The average molecular weight is 410 g/mol. The molecule has 0 spiro atoms. The summed E-state index contributed by atoms with van der Waals surface area (Å²) in [5.41, 5.74) is 7.36. The summed E-state index contributed by atoms with van der Waals surface area (Å²) in [7, 11) is 3.72. The zero-order chi connectivity index (χ0) is 21.9. The molecule has 0 aliphatic carbocycles. The number of hydrogen-bond acceptors (Lipinski definition) is 5. The van der Waals surface area contributed by atoms with Crippen LogP contribution in [0.1, 0.15) is 49.8 Å². The number of carbonyl (C=O) groups is 1. The van der Waals surface area contributed by atoms with E-state index >= 15 is 0 Å². The highest BCUT2D eigenvalue weighted by Crippen LogP contribution is 2.43. The number of hydrazone groups is 1. The zero-order valence-electron chi connectivity index (χ0n) is 18.7. The fourth-order valence-electron chi connectivity index (χ4n) is 3.96. The van der Waals surface area contributed by atoms with E-state index in [2.05, 4.69) is 62.3 Å². The fourth-order valence-corrected chi connectivity index (χ4v) is 3.96. The number of fused-ring (bicyclic) bond motifs is 1. The maximum absolute atomic E-state index is 12.1. The second kappa shape index (κ2) is 8.78. The van der Waals surface area contributed by atoms with Crippen molar-refractivity contribution in [1.82, 2.24) is 5.43 Å². The van der Waals surface area contributed by atoms with E-state index in [4.69, 9.17) is 9.47 Å². The van der Waals surface area contributed by atoms with E-state index in [-0.39, 0.29) is 18.1 Å². The van der Waals surface area contributed by atoms with Gasteiger partial charge in [-0.3, -0.25) is 4.79 Å². The van der Waals surface area contributed by atoms with Crippen LogP contribution in [0.15, 0.2) is 41.5 Å². The highest BCUT2D eigenvalue weighted by molar-refractivity contribution is 5.86. The van der Waals surface area contributed by atoms with Crippen LogP contribution in [0.3, 0.4) is 0 Å². The van der Waals surface area contributed by atoms with E-state index < -0.39 is 0 Å². The van der Waals surface area contributed by atoms with E-state index in [1.807, 2.05) is 12.1 Å². The van der Waals surface area contributed by atoms with E-state index in [0.717, 1.165) is 17.5 Å². The molecule has 3 rings (SSSR count). The number of amides is 1. The first kappa shape index (κ1) is 21.7. The lowest BCUT2D eigenvalue weighted by Crippen LogP contribution is -2.45. The molecule has 0 unspecified atom stereocenters. The van der Waals surface area contributed by atoms with Gasteiger partial charge in [-0.1, -0.05) is 19.1 Å². The molecule has 0 saturated heterocycles. The van der Waals surface area contributed by atoms with Crippen LogP contribution >= 0.6 is 0 Å². The zero-order valence-corrected chi connectivity index (χ0v) is 18.7. The van der Waals surface area contributed by atoms with Crippen LogP contribution in [0.5, 0.6) is 11.5 Å². The molecule has 1 aliphatic rings. The normalized spacial score (nSPS) is 17.5. The molecule has 0 bridgehead atoms. The molecule has 6 nitrogen and oxygen atoms in total. The summed E-state index contributed by atoms with van der Waals surface area (Å²) in [6, 6.07) is 11.6. The van der Waals surface area contributed by atoms with Crippen molar-refractivity contribution in [2.45, 2.75) is 45.6 Å². The molecular formula is C24H31N3O3. The van der Waals surface area contributed by atoms with Gasteiger partial charge in [0.2, 0.25) is 0 Å². The summed E-state index contributed by atoms with van der Waals surface area (Å²) in [5.74, 6) is 1.23. The fraction of sp³-hybridized carbons (Fsp3) is 0.417. The third kappa shape index (κ3) is 4.58. The number of anilines is 1. The van der Waals surface area contributed by atoms with Crippen molar-refractivity contribution in [1.29, 1.82) is 0 Å². The van der Waals surface area contributed by atoms with Crippen molar-refractivity contribution in [3.8, 4) is 11.5 Å². The smallest absolute Gasteiger partial charge is 0.277 e. The minimum absolute atomic E-state index is 0.129. The number of ether oxygens (including phenoxy) is 2. The van der Waals surface area contributed by atoms with E-state index in [1.54, 1.807) is 25.5 Å². The minimum atomic E-state index is -0.331. The van der Waals surface area contributed by atoms with Crippen LogP contribution in [0.25, 0.3) is 0 Å². The summed E-state index contributed by atoms with van der Waals surface area (Å²) in [4.78, 5) is 14.4. The monoisotopic (exact) mass is 409 g/mol. The number of carbonyl (C=O) groups excluding carboxylic acids is 1. The van der Waals surface area contributed by atoms with Gasteiger partial charge in [0.25, 0.3) is 5.91 Å². The number of aryl methyl sites for hydroxylation is 1. The highest BCUT2D eigenvalue weighted by atomic mass is 16.5. The van der Waals surface area contributed by atoms with Gasteiger partial charge >= 0.3 is 0 Å². The van der Waals surface area contributed by atoms with Gasteiger partial charge < -0.3 is 14.4 Å². The number of para-hydroxylation sites is 2. The number of rotatable bonds is 6. The maximum atomic E-state index is 12.1. The first-order valence-corrected chi connectivity index (χ1v) is 10.2. The molecule has 0 aromatic heterocycles. The third-order valence-corrected chi connectivity index (χ3v) is 5.84. The lowest BCUT2D eigenvalue weighted by molar-refractivity contribution is -0.123. The van der Waals surface area contributed by atoms with Crippen LogP contribution in [-0.2, 0) is 4.79 Å². The molecule has 160 valence electrons. The van der Waals surface area contributed by atoms with Crippen molar-refractivity contribution in [3.63, 3.8) is 0 Å². The van der Waals surface area contributed by atoms with Crippen LogP contribution in [0.2, 0.25) is 0 Å². The molecule has 1 amide bonds. The van der Waals surface area contributed by atoms with E-state index in [0.29, 0.717) is 17.4 Å². The molecular weight excluding hydrogens is 378 g/mol. The second-order valence-corrected chi connectivity index (χ2v) is 8.48. The minimum Gasteiger partial charge on any atom is -0.493 e. The predicted molar refractivity (Wildman–Crippen MR) is 121 cm³/mol. The Morgan fingerprint density at radius 2 is 2.00 bits per heavy atom. The van der Waals surface area contributed by atoms with Crippen molar-refractivity contribution in [3.05, 3.63) is 53.1 Å². The Bertz CT molecular complexity index is 953. The second-order valence-electron chi connectivity index (χ2n) is 8.48. The van der Waals surface area contributed by atoms with Crippen molar-refractivity contribution in [2.75, 3.05) is 25.7 Å². The van der Waals surface area contributed by atoms with Gasteiger partial charge in [0.05, 0.1) is 13.3 Å². The van der Waals surface area contributed by atoms with Gasteiger partial charge in [-0.2, -0.15) is 5.10 Å². The Morgan fingerprint density at radius 1 is 1.30 bits per heavy atom. The summed E-state index contributed by atoms with van der Waals surface area (Å²) >= 11 is 0. The van der Waals surface area contributed by atoms with Gasteiger partial charge in [0, 0.05) is 18.3 Å². The highest BCUT2D eigenvalue weighted by Gasteiger charge is 2.34. The molecule has 0 fully saturated rings. The first-order valence-electron chi connectivity index (χ1n) is 10.2. The van der Waals surface area contributed by atoms with Gasteiger partial charge in [0.15, 0.2) is 18.1 Å². The van der Waals surface area contributed by atoms with Gasteiger partial charge in [0.1, 0.15) is 0 Å². The Kier molecular flexibility index (Phi) is 6.34. The quantitative estimate of drug-likeness (QED) is 0.572. The van der Waals surface area contributed by atoms with Crippen molar-refractivity contribution >= 4 is 17.8 Å². The van der Waals surface area contributed by atoms with E-state index in [1.165, 1.54) is 11.3 Å². The maximum Gasteiger partial charge on any atom is 0.277 e. The standard InChI is InChI=1S/C24H31N3O3/c1-16-11-20-19(17(2)13-24(3,4)27(20)5)12-18(16)14-25-26-23(28)15-30-22-10-8-7-9-21(22)29-6/h7-12,14,17H,13,15H2,1-6H3,(H,26,28)/b25-14+/t17-/m1/s1. The number of benzene rings is 2. The van der Waals surface area contributed by atoms with Gasteiger partial charge in [-0.15, -0.1) is 0 Å². The number of nitrogens with zero attached hydrogens (tertiary/aromatic N) is 2. The Balaban J connectivity index is 1.65. The molecule has 6 heteroatoms. The third-order valence-electron chi connectivity index (χ3n) is 5.84. The number of hydrogen-bond donors (Lipinski definition) is 1. The molecule has 1 atom stereocenters. The van der Waals surface area contributed by atoms with E-state index in [9.17, 15) is 4.79 Å². The average Bonchev–Trinajstić information content (AvgIpc) is 2.71. The topological polar surface area (TPSA) is 63.2 Å². The summed E-state index contributed by atoms with van der Waals surface area (Å²) in [6.07, 6.45) is 2.79. The molecule has 0 radical (unpaired) electrons. The van der Waals surface area contributed by atoms with Gasteiger partial charge in [-0.25, -0.2) is 5.43 Å². The largest absolute Gasteiger partial charge is 0.493 e. The lowest BCUT2D eigenvalue weighted by atomic mass is 9.79. The molecule has 0 saturated carbocycles. The number of methoxy groups -OCH3 is 1. The van der Waals surface area contributed by atoms with Crippen molar-refractivity contribution in [2.24, 2.45) is 5.10 Å². The van der Waals surface area contributed by atoms with Crippen LogP contribution in [0, 0.1) is 6.92 Å². The van der Waals surface area contributed by atoms with Crippen LogP contribution in [-0.4, -0.2) is 38.4 Å². The van der Waals surface area contributed by atoms with Crippen LogP contribution in [0.4, 0.5) is 5.69 Å². The molecule has 30 heavy (non-hydrogen) atoms.